The van der Waals surface area contributed by atoms with Crippen LogP contribution in [0.15, 0.2) is 42.5 Å². The van der Waals surface area contributed by atoms with E-state index < -0.39 is 5.54 Å². The Morgan fingerprint density at radius 3 is 2.19 bits per heavy atom. The maximum atomic E-state index is 12.4. The van der Waals surface area contributed by atoms with Crippen molar-refractivity contribution in [3.63, 3.8) is 0 Å². The van der Waals surface area contributed by atoms with E-state index in [9.17, 15) is 4.79 Å². The third-order valence-electron chi connectivity index (χ3n) is 3.76. The van der Waals surface area contributed by atoms with Gasteiger partial charge < -0.3 is 5.32 Å². The van der Waals surface area contributed by atoms with Gasteiger partial charge in [0.15, 0.2) is 0 Å². The van der Waals surface area contributed by atoms with Gasteiger partial charge in [-0.05, 0) is 68.7 Å². The van der Waals surface area contributed by atoms with Gasteiger partial charge in [0.25, 0.3) is 5.91 Å². The number of hydrogen-bond acceptors (Lipinski definition) is 1. The number of carbonyl (C=O) groups is 1. The molecule has 0 saturated heterocycles. The molecular formula is C18H20ClNO. The van der Waals surface area contributed by atoms with Crippen LogP contribution in [0.5, 0.6) is 0 Å². The lowest BCUT2D eigenvalue weighted by Crippen LogP contribution is -2.41. The second-order valence-electron chi connectivity index (χ2n) is 5.89. The number of aryl methyl sites for hydroxylation is 2. The molecule has 1 N–H and O–H groups in total. The van der Waals surface area contributed by atoms with Crippen molar-refractivity contribution in [3.05, 3.63) is 69.7 Å². The molecular weight excluding hydrogens is 282 g/mol. The summed E-state index contributed by atoms with van der Waals surface area (Å²) < 4.78 is 0. The first-order valence-corrected chi connectivity index (χ1v) is 7.33. The van der Waals surface area contributed by atoms with Crippen molar-refractivity contribution in [2.24, 2.45) is 0 Å². The Balaban J connectivity index is 2.21. The maximum absolute atomic E-state index is 12.4. The van der Waals surface area contributed by atoms with Crippen LogP contribution in [0.1, 0.15) is 40.9 Å². The van der Waals surface area contributed by atoms with Gasteiger partial charge in [-0.3, -0.25) is 4.79 Å². The van der Waals surface area contributed by atoms with E-state index in [0.29, 0.717) is 10.6 Å². The van der Waals surface area contributed by atoms with Crippen molar-refractivity contribution in [2.75, 3.05) is 0 Å². The van der Waals surface area contributed by atoms with Crippen molar-refractivity contribution < 1.29 is 4.79 Å². The summed E-state index contributed by atoms with van der Waals surface area (Å²) in [5.74, 6) is -0.0712. The summed E-state index contributed by atoms with van der Waals surface area (Å²) in [4.78, 5) is 12.4. The molecule has 0 aliphatic rings. The van der Waals surface area contributed by atoms with E-state index in [1.807, 2.05) is 70.2 Å². The molecule has 3 heteroatoms. The average molecular weight is 302 g/mol. The summed E-state index contributed by atoms with van der Waals surface area (Å²) in [6.45, 7) is 8.01. The minimum Gasteiger partial charge on any atom is -0.343 e. The highest BCUT2D eigenvalue weighted by Gasteiger charge is 2.23. The molecule has 2 aromatic rings. The average Bonchev–Trinajstić information content (AvgIpc) is 2.41. The van der Waals surface area contributed by atoms with Gasteiger partial charge in [-0.1, -0.05) is 29.8 Å². The van der Waals surface area contributed by atoms with Gasteiger partial charge in [0.1, 0.15) is 0 Å². The van der Waals surface area contributed by atoms with E-state index in [2.05, 4.69) is 5.32 Å². The Hall–Kier alpha value is -1.80. The van der Waals surface area contributed by atoms with Crippen LogP contribution in [0, 0.1) is 13.8 Å². The molecule has 0 bridgehead atoms. The van der Waals surface area contributed by atoms with Crippen LogP contribution < -0.4 is 5.32 Å². The van der Waals surface area contributed by atoms with Crippen LogP contribution in [0.25, 0.3) is 0 Å². The topological polar surface area (TPSA) is 29.1 Å². The predicted octanol–water partition coefficient (Wildman–Crippen LogP) is 4.62. The summed E-state index contributed by atoms with van der Waals surface area (Å²) in [7, 11) is 0. The quantitative estimate of drug-likeness (QED) is 0.880. The fourth-order valence-corrected chi connectivity index (χ4v) is 2.30. The van der Waals surface area contributed by atoms with Gasteiger partial charge >= 0.3 is 0 Å². The van der Waals surface area contributed by atoms with Crippen LogP contribution in [-0.2, 0) is 5.54 Å². The first-order chi connectivity index (χ1) is 9.79. The standard InChI is InChI=1S/C18H20ClNO/c1-12-5-6-14(11-13(12)2)17(21)20-18(3,4)15-7-9-16(19)10-8-15/h5-11H,1-4H3,(H,20,21). The largest absolute Gasteiger partial charge is 0.343 e. The SMILES string of the molecule is Cc1ccc(C(=O)NC(C)(C)c2ccc(Cl)cc2)cc1C. The highest BCUT2D eigenvalue weighted by atomic mass is 35.5. The van der Waals surface area contributed by atoms with Crippen LogP contribution in [-0.4, -0.2) is 5.91 Å². The Morgan fingerprint density at radius 1 is 1.00 bits per heavy atom. The minimum atomic E-state index is -0.458. The van der Waals surface area contributed by atoms with E-state index in [1.165, 1.54) is 5.56 Å². The molecule has 0 unspecified atom stereocenters. The van der Waals surface area contributed by atoms with Gasteiger partial charge in [0, 0.05) is 10.6 Å². The molecule has 0 aromatic heterocycles. The highest BCUT2D eigenvalue weighted by molar-refractivity contribution is 6.30. The summed E-state index contributed by atoms with van der Waals surface area (Å²) in [5, 5.41) is 3.76. The first-order valence-electron chi connectivity index (χ1n) is 6.95. The molecule has 2 nitrogen and oxygen atoms in total. The maximum Gasteiger partial charge on any atom is 0.251 e. The van der Waals surface area contributed by atoms with Crippen LogP contribution in [0.2, 0.25) is 5.02 Å². The molecule has 0 radical (unpaired) electrons. The van der Waals surface area contributed by atoms with E-state index in [-0.39, 0.29) is 5.91 Å². The molecule has 0 aliphatic carbocycles. The molecule has 21 heavy (non-hydrogen) atoms. The number of nitrogens with one attached hydrogen (secondary N) is 1. The lowest BCUT2D eigenvalue weighted by Gasteiger charge is -2.27. The summed E-state index contributed by atoms with van der Waals surface area (Å²) in [5.41, 5.74) is 3.54. The molecule has 0 atom stereocenters. The second kappa shape index (κ2) is 5.90. The summed E-state index contributed by atoms with van der Waals surface area (Å²) in [6, 6.07) is 13.3. The number of amides is 1. The third-order valence-corrected chi connectivity index (χ3v) is 4.01. The molecule has 1 amide bonds. The highest BCUT2D eigenvalue weighted by Crippen LogP contribution is 2.22. The number of halogens is 1. The van der Waals surface area contributed by atoms with Gasteiger partial charge in [-0.25, -0.2) is 0 Å². The lowest BCUT2D eigenvalue weighted by atomic mass is 9.93. The fraction of sp³-hybridized carbons (Fsp3) is 0.278. The molecule has 0 heterocycles. The third kappa shape index (κ3) is 3.64. The monoisotopic (exact) mass is 301 g/mol. The van der Waals surface area contributed by atoms with Crippen molar-refractivity contribution in [2.45, 2.75) is 33.2 Å². The van der Waals surface area contributed by atoms with Gasteiger partial charge in [-0.2, -0.15) is 0 Å². The molecule has 110 valence electrons. The molecule has 0 aliphatic heterocycles. The van der Waals surface area contributed by atoms with Gasteiger partial charge in [-0.15, -0.1) is 0 Å². The van der Waals surface area contributed by atoms with Crippen molar-refractivity contribution in [3.8, 4) is 0 Å². The van der Waals surface area contributed by atoms with Gasteiger partial charge in [0.2, 0.25) is 0 Å². The molecule has 2 rings (SSSR count). The molecule has 0 saturated carbocycles. The van der Waals surface area contributed by atoms with E-state index >= 15 is 0 Å². The molecule has 0 spiro atoms. The summed E-state index contributed by atoms with van der Waals surface area (Å²) in [6.07, 6.45) is 0. The minimum absolute atomic E-state index is 0.0712. The van der Waals surface area contributed by atoms with E-state index in [4.69, 9.17) is 11.6 Å². The zero-order valence-electron chi connectivity index (χ0n) is 12.8. The van der Waals surface area contributed by atoms with Crippen molar-refractivity contribution >= 4 is 17.5 Å². The fourth-order valence-electron chi connectivity index (χ4n) is 2.18. The number of benzene rings is 2. The Labute approximate surface area is 131 Å². The molecule has 2 aromatic carbocycles. The van der Waals surface area contributed by atoms with Crippen molar-refractivity contribution in [1.82, 2.24) is 5.32 Å². The number of carbonyl (C=O) groups excluding carboxylic acids is 1. The lowest BCUT2D eigenvalue weighted by molar-refractivity contribution is 0.0912. The Bertz CT molecular complexity index is 659. The van der Waals surface area contributed by atoms with Crippen LogP contribution >= 0.6 is 11.6 Å². The number of rotatable bonds is 3. The van der Waals surface area contributed by atoms with Crippen LogP contribution in [0.4, 0.5) is 0 Å². The zero-order valence-corrected chi connectivity index (χ0v) is 13.6. The van der Waals surface area contributed by atoms with Crippen LogP contribution in [0.3, 0.4) is 0 Å². The molecule has 0 fully saturated rings. The van der Waals surface area contributed by atoms with Gasteiger partial charge in [0.05, 0.1) is 5.54 Å². The predicted molar refractivity (Wildman–Crippen MR) is 87.9 cm³/mol. The van der Waals surface area contributed by atoms with Crippen molar-refractivity contribution in [1.29, 1.82) is 0 Å². The Kier molecular flexibility index (Phi) is 4.38. The normalized spacial score (nSPS) is 11.3. The second-order valence-corrected chi connectivity index (χ2v) is 6.32. The zero-order chi connectivity index (χ0) is 15.6. The number of hydrogen-bond donors (Lipinski definition) is 1. The van der Waals surface area contributed by atoms with E-state index in [0.717, 1.165) is 11.1 Å². The summed E-state index contributed by atoms with van der Waals surface area (Å²) >= 11 is 5.91. The van der Waals surface area contributed by atoms with E-state index in [1.54, 1.807) is 0 Å². The Morgan fingerprint density at radius 2 is 1.62 bits per heavy atom. The first kappa shape index (κ1) is 15.6. The smallest absolute Gasteiger partial charge is 0.251 e.